The van der Waals surface area contributed by atoms with Crippen LogP contribution in [0.4, 0.5) is 49.7 Å². The molecule has 3 aliphatic carbocycles. The SMILES string of the molecule is C[C@@H]1c2c(C(F)(F)F)nn(CC(=O)N[C@@H](Cc3cc(F)cc(F)c3)c3nc(C#CC(C)(C)S(C)(=O)=O)c4c(c3-c3ccc(Cl)c5c(NS(=O)(=O)C6CC6)nn(CC(F)(F)F)c35)CCC4)c2C(F)(F)[C@@H]1C. The van der Waals surface area contributed by atoms with Gasteiger partial charge in [-0.2, -0.15) is 45.3 Å². The van der Waals surface area contributed by atoms with Crippen molar-refractivity contribution in [2.24, 2.45) is 5.92 Å². The molecule has 3 heterocycles. The fraction of sp³-hybridized carbons (Fsp3) is 0.467. The normalized spacial score (nSPS) is 18.6. The van der Waals surface area contributed by atoms with Crippen LogP contribution in [-0.2, 0) is 69.1 Å². The lowest BCUT2D eigenvalue weighted by Crippen LogP contribution is -2.35. The molecule has 25 heteroatoms. The number of aromatic nitrogens is 5. The number of pyridine rings is 1. The van der Waals surface area contributed by atoms with E-state index in [1.165, 1.54) is 26.0 Å². The highest BCUT2D eigenvalue weighted by molar-refractivity contribution is 7.93. The fourth-order valence-corrected chi connectivity index (χ4v) is 10.8. The second-order valence-corrected chi connectivity index (χ2v) is 23.4. The molecule has 0 saturated heterocycles. The lowest BCUT2D eigenvalue weighted by Gasteiger charge is -2.26. The molecule has 1 amide bonds. The van der Waals surface area contributed by atoms with E-state index in [4.69, 9.17) is 16.6 Å². The van der Waals surface area contributed by atoms with Crippen molar-refractivity contribution in [3.05, 3.63) is 92.0 Å². The van der Waals surface area contributed by atoms with Crippen LogP contribution in [0.15, 0.2) is 30.3 Å². The van der Waals surface area contributed by atoms with Crippen molar-refractivity contribution in [3.8, 4) is 23.0 Å². The predicted molar refractivity (Wildman–Crippen MR) is 237 cm³/mol. The molecule has 2 aromatic carbocycles. The minimum Gasteiger partial charge on any atom is -0.346 e. The number of anilines is 1. The molecule has 0 spiro atoms. The van der Waals surface area contributed by atoms with Crippen LogP contribution in [0.3, 0.4) is 0 Å². The maximum atomic E-state index is 15.8. The number of carbonyl (C=O) groups is 1. The van der Waals surface area contributed by atoms with Gasteiger partial charge in [-0.3, -0.25) is 18.9 Å². The summed E-state index contributed by atoms with van der Waals surface area (Å²) in [4.78, 5) is 19.2. The summed E-state index contributed by atoms with van der Waals surface area (Å²) in [6.45, 7) is 1.77. The Bertz CT molecular complexity index is 3260. The summed E-state index contributed by atoms with van der Waals surface area (Å²) >= 11 is 6.67. The second-order valence-electron chi connectivity index (χ2n) is 18.4. The number of halogens is 11. The van der Waals surface area contributed by atoms with Gasteiger partial charge in [0.05, 0.1) is 32.9 Å². The molecular weight excluding hydrogens is 1010 g/mol. The molecule has 0 aliphatic heterocycles. The Morgan fingerprint density at radius 3 is 2.20 bits per heavy atom. The molecular formula is C45H42ClF10N7O5S2. The van der Waals surface area contributed by atoms with E-state index in [2.05, 4.69) is 32.1 Å². The Balaban J connectivity index is 1.40. The molecule has 376 valence electrons. The Morgan fingerprint density at radius 1 is 0.957 bits per heavy atom. The minimum atomic E-state index is -5.23. The molecule has 8 rings (SSSR count). The van der Waals surface area contributed by atoms with Crippen molar-refractivity contribution in [1.29, 1.82) is 0 Å². The van der Waals surface area contributed by atoms with Crippen LogP contribution >= 0.6 is 11.6 Å². The number of sulfone groups is 1. The molecule has 2 N–H and O–H groups in total. The van der Waals surface area contributed by atoms with Gasteiger partial charge in [0.1, 0.15) is 40.9 Å². The van der Waals surface area contributed by atoms with Gasteiger partial charge in [-0.25, -0.2) is 30.6 Å². The number of benzene rings is 2. The molecule has 3 aliphatic rings. The first-order chi connectivity index (χ1) is 32.3. The summed E-state index contributed by atoms with van der Waals surface area (Å²) in [5.74, 6) is -5.44. The van der Waals surface area contributed by atoms with Gasteiger partial charge in [0.25, 0.3) is 5.92 Å². The summed E-state index contributed by atoms with van der Waals surface area (Å²) in [6.07, 6.45) is -8.66. The Labute approximate surface area is 399 Å². The van der Waals surface area contributed by atoms with E-state index >= 15 is 8.78 Å². The highest BCUT2D eigenvalue weighted by Gasteiger charge is 2.57. The lowest BCUT2D eigenvalue weighted by molar-refractivity contribution is -0.143. The topological polar surface area (TPSA) is 158 Å². The van der Waals surface area contributed by atoms with E-state index in [1.807, 2.05) is 0 Å². The van der Waals surface area contributed by atoms with Gasteiger partial charge in [-0.05, 0) is 99.1 Å². The van der Waals surface area contributed by atoms with E-state index in [1.54, 1.807) is 0 Å². The summed E-state index contributed by atoms with van der Waals surface area (Å²) in [5.41, 5.74) is -3.97. The number of rotatable bonds is 12. The Morgan fingerprint density at radius 2 is 1.60 bits per heavy atom. The first-order valence-electron chi connectivity index (χ1n) is 21.7. The molecule has 70 heavy (non-hydrogen) atoms. The number of sulfonamides is 1. The van der Waals surface area contributed by atoms with Crippen molar-refractivity contribution < 1.29 is 65.5 Å². The van der Waals surface area contributed by atoms with Gasteiger partial charge in [0.15, 0.2) is 21.3 Å². The maximum Gasteiger partial charge on any atom is 0.435 e. The molecule has 0 unspecified atom stereocenters. The van der Waals surface area contributed by atoms with Crippen LogP contribution in [0.25, 0.3) is 22.0 Å². The Kier molecular flexibility index (Phi) is 12.7. The summed E-state index contributed by atoms with van der Waals surface area (Å²) in [6, 6.07) is 3.12. The van der Waals surface area contributed by atoms with Crippen molar-refractivity contribution in [2.75, 3.05) is 11.0 Å². The molecule has 3 aromatic heterocycles. The van der Waals surface area contributed by atoms with Crippen LogP contribution in [0.5, 0.6) is 0 Å². The van der Waals surface area contributed by atoms with Gasteiger partial charge in [0, 0.05) is 34.9 Å². The highest BCUT2D eigenvalue weighted by Crippen LogP contribution is 2.55. The van der Waals surface area contributed by atoms with Crippen LogP contribution in [0.2, 0.25) is 5.02 Å². The van der Waals surface area contributed by atoms with Gasteiger partial charge >= 0.3 is 12.4 Å². The molecule has 0 radical (unpaired) electrons. The molecule has 12 nitrogen and oxygen atoms in total. The fourth-order valence-electron chi connectivity index (χ4n) is 8.99. The second kappa shape index (κ2) is 17.4. The molecule has 3 atom stereocenters. The standard InChI is InChI=1S/C45H42ClF10N7O5S2/c1-21-22(2)44(52,53)40-34(21)39(45(54,55)56)59-62(40)19-33(64)57-32(17-23-15-24(47)18-25(48)16-23)37-35(28-8-6-7-27(28)31(58-37)13-14-42(3,4)69(5,65)66)29-11-12-30(46)36-38(29)63(20-43(49,50)51)60-41(36)61-70(67,68)26-9-10-26/h11-12,15-16,18,21-22,26,32H,6-10,17,19-20H2,1-5H3,(H,57,64)(H,60,61)/t21-,22+,32-/m0/s1. The quantitative estimate of drug-likeness (QED) is 0.0925. The smallest absolute Gasteiger partial charge is 0.346 e. The largest absolute Gasteiger partial charge is 0.435 e. The van der Waals surface area contributed by atoms with Crippen molar-refractivity contribution in [1.82, 2.24) is 29.9 Å². The van der Waals surface area contributed by atoms with E-state index in [0.29, 0.717) is 28.3 Å². The van der Waals surface area contributed by atoms with Crippen LogP contribution in [0.1, 0.15) is 104 Å². The molecule has 1 saturated carbocycles. The highest BCUT2D eigenvalue weighted by atomic mass is 35.5. The number of nitrogens with zero attached hydrogens (tertiary/aromatic N) is 5. The zero-order valence-electron chi connectivity index (χ0n) is 37.6. The van der Waals surface area contributed by atoms with Crippen molar-refractivity contribution in [3.63, 3.8) is 0 Å². The molecule has 0 bridgehead atoms. The minimum absolute atomic E-state index is 0.0299. The van der Waals surface area contributed by atoms with E-state index in [9.17, 15) is 56.8 Å². The molecule has 1 fully saturated rings. The van der Waals surface area contributed by atoms with Crippen LogP contribution in [0, 0.1) is 29.4 Å². The zero-order chi connectivity index (χ0) is 51.4. The number of hydrogen-bond acceptors (Lipinski definition) is 8. The van der Waals surface area contributed by atoms with Gasteiger partial charge < -0.3 is 5.32 Å². The number of nitrogens with one attached hydrogen (secondary N) is 2. The third kappa shape index (κ3) is 9.56. The monoisotopic (exact) mass is 1050 g/mol. The summed E-state index contributed by atoms with van der Waals surface area (Å²) in [7, 11) is -8.06. The van der Waals surface area contributed by atoms with E-state index in [0.717, 1.165) is 32.2 Å². The van der Waals surface area contributed by atoms with Gasteiger partial charge in [0.2, 0.25) is 15.9 Å². The zero-order valence-corrected chi connectivity index (χ0v) is 40.0. The van der Waals surface area contributed by atoms with Crippen molar-refractivity contribution >= 4 is 54.1 Å². The third-order valence-corrected chi connectivity index (χ3v) is 17.1. The number of hydrogen-bond donors (Lipinski definition) is 2. The average Bonchev–Trinajstić information content (AvgIpc) is 3.64. The summed E-state index contributed by atoms with van der Waals surface area (Å²) in [5, 5.41) is 8.64. The first-order valence-corrected chi connectivity index (χ1v) is 25.5. The predicted octanol–water partition coefficient (Wildman–Crippen LogP) is 9.32. The number of amides is 1. The Hall–Kier alpha value is -5.41. The molecule has 5 aromatic rings. The van der Waals surface area contributed by atoms with Gasteiger partial charge in [-0.1, -0.05) is 37.4 Å². The average molecular weight is 1050 g/mol. The number of carbonyl (C=O) groups excluding carboxylic acids is 1. The van der Waals surface area contributed by atoms with Gasteiger partial charge in [-0.15, -0.1) is 0 Å². The summed E-state index contributed by atoms with van der Waals surface area (Å²) < 4.78 is 201. The van der Waals surface area contributed by atoms with Crippen LogP contribution in [-0.4, -0.2) is 69.7 Å². The van der Waals surface area contributed by atoms with E-state index < -0.39 is 126 Å². The number of alkyl halides is 8. The third-order valence-electron chi connectivity index (χ3n) is 13.0. The first kappa shape index (κ1) is 51.0. The number of fused-ring (bicyclic) bond motifs is 3. The maximum absolute atomic E-state index is 15.8. The lowest BCUT2D eigenvalue weighted by atomic mass is 9.88. The van der Waals surface area contributed by atoms with E-state index in [-0.39, 0.29) is 74.4 Å². The van der Waals surface area contributed by atoms with Crippen molar-refractivity contribution in [2.45, 2.75) is 120 Å². The van der Waals surface area contributed by atoms with Crippen LogP contribution < -0.4 is 10.0 Å².